The van der Waals surface area contributed by atoms with E-state index in [0.717, 1.165) is 5.56 Å². The molecule has 1 aliphatic rings. The number of methoxy groups -OCH3 is 1. The topological polar surface area (TPSA) is 35.5 Å². The van der Waals surface area contributed by atoms with Crippen molar-refractivity contribution in [2.24, 2.45) is 0 Å². The fraction of sp³-hybridized carbons (Fsp3) is 0.417. The van der Waals surface area contributed by atoms with E-state index in [-0.39, 0.29) is 11.9 Å². The zero-order valence-electron chi connectivity index (χ0n) is 9.03. The number of Topliss-reactive ketones (excluding diaryl/α,β-unsaturated/α-hetero) is 1. The van der Waals surface area contributed by atoms with Crippen LogP contribution in [0.15, 0.2) is 18.2 Å². The van der Waals surface area contributed by atoms with E-state index in [9.17, 15) is 4.79 Å². The molecule has 0 bridgehead atoms. The summed E-state index contributed by atoms with van der Waals surface area (Å²) in [6.45, 7) is 0.471. The first-order valence-corrected chi connectivity index (χ1v) is 5.56. The molecule has 1 aliphatic heterocycles. The number of ketones is 1. The van der Waals surface area contributed by atoms with Crippen LogP contribution in [0, 0.1) is 0 Å². The molecule has 0 saturated carbocycles. The summed E-state index contributed by atoms with van der Waals surface area (Å²) >= 11 is 6.02. The number of halogens is 1. The summed E-state index contributed by atoms with van der Waals surface area (Å²) < 4.78 is 10.8. The highest BCUT2D eigenvalue weighted by molar-refractivity contribution is 6.32. The van der Waals surface area contributed by atoms with Crippen LogP contribution < -0.4 is 4.74 Å². The van der Waals surface area contributed by atoms with Gasteiger partial charge in [0.1, 0.15) is 11.5 Å². The van der Waals surface area contributed by atoms with Crippen molar-refractivity contribution in [3.8, 4) is 5.75 Å². The maximum absolute atomic E-state index is 11.4. The Morgan fingerprint density at radius 3 is 3.00 bits per heavy atom. The Balaban J connectivity index is 2.31. The Labute approximate surface area is 99.3 Å². The summed E-state index contributed by atoms with van der Waals surface area (Å²) in [7, 11) is 1.56. The van der Waals surface area contributed by atoms with Gasteiger partial charge in [-0.05, 0) is 6.07 Å². The second-order valence-corrected chi connectivity index (χ2v) is 4.12. The average Bonchev–Trinajstić information content (AvgIpc) is 2.28. The minimum Gasteiger partial charge on any atom is -0.495 e. The summed E-state index contributed by atoms with van der Waals surface area (Å²) in [6, 6.07) is 5.48. The highest BCUT2D eigenvalue weighted by atomic mass is 35.5. The molecular formula is C12H13ClO3. The second-order valence-electron chi connectivity index (χ2n) is 3.71. The summed E-state index contributed by atoms with van der Waals surface area (Å²) in [4.78, 5) is 11.4. The van der Waals surface area contributed by atoms with Gasteiger partial charge in [-0.15, -0.1) is 0 Å². The van der Waals surface area contributed by atoms with Crippen LogP contribution in [0.3, 0.4) is 0 Å². The van der Waals surface area contributed by atoms with E-state index in [1.807, 2.05) is 12.1 Å². The molecule has 0 spiro atoms. The van der Waals surface area contributed by atoms with E-state index in [1.165, 1.54) is 0 Å². The Morgan fingerprint density at radius 2 is 2.31 bits per heavy atom. The van der Waals surface area contributed by atoms with Gasteiger partial charge in [0.25, 0.3) is 0 Å². The van der Waals surface area contributed by atoms with Gasteiger partial charge in [-0.1, -0.05) is 23.7 Å². The fourth-order valence-electron chi connectivity index (χ4n) is 1.88. The molecule has 3 nitrogen and oxygen atoms in total. The highest BCUT2D eigenvalue weighted by Gasteiger charge is 2.25. The molecule has 0 aliphatic carbocycles. The summed E-state index contributed by atoms with van der Waals surface area (Å²) in [5.74, 6) is 0.821. The molecule has 86 valence electrons. The summed E-state index contributed by atoms with van der Waals surface area (Å²) in [6.07, 6.45) is 0.672. The second kappa shape index (κ2) is 4.85. The van der Waals surface area contributed by atoms with Crippen LogP contribution in [-0.4, -0.2) is 19.5 Å². The molecule has 0 aromatic heterocycles. The molecule has 1 atom stereocenters. The summed E-state index contributed by atoms with van der Waals surface area (Å²) in [5, 5.41) is 0.543. The number of ether oxygens (including phenoxy) is 2. The minimum atomic E-state index is -0.227. The van der Waals surface area contributed by atoms with Crippen LogP contribution in [0.2, 0.25) is 5.02 Å². The lowest BCUT2D eigenvalue weighted by Gasteiger charge is -2.24. The van der Waals surface area contributed by atoms with Gasteiger partial charge in [-0.3, -0.25) is 4.79 Å². The van der Waals surface area contributed by atoms with Crippen LogP contribution in [0.1, 0.15) is 24.5 Å². The third-order valence-electron chi connectivity index (χ3n) is 2.66. The fourth-order valence-corrected chi connectivity index (χ4v) is 2.14. The Hall–Kier alpha value is -1.06. The molecule has 1 saturated heterocycles. The largest absolute Gasteiger partial charge is 0.495 e. The number of carbonyl (C=O) groups excluding carboxylic acids is 1. The van der Waals surface area contributed by atoms with E-state index in [4.69, 9.17) is 21.1 Å². The van der Waals surface area contributed by atoms with Gasteiger partial charge in [0, 0.05) is 18.4 Å². The maximum Gasteiger partial charge on any atom is 0.143 e. The monoisotopic (exact) mass is 240 g/mol. The van der Waals surface area contributed by atoms with Crippen LogP contribution in [0.25, 0.3) is 0 Å². The van der Waals surface area contributed by atoms with Crippen molar-refractivity contribution in [2.75, 3.05) is 13.7 Å². The zero-order chi connectivity index (χ0) is 11.5. The molecule has 1 aromatic rings. The predicted octanol–water partition coefficient (Wildman–Crippen LogP) is 2.77. The summed E-state index contributed by atoms with van der Waals surface area (Å²) in [5.41, 5.74) is 0.850. The standard InChI is InChI=1S/C12H13ClO3/c1-15-12-9(3-2-4-10(12)13)11-7-8(14)5-6-16-11/h2-4,11H,5-7H2,1H3. The van der Waals surface area contributed by atoms with Crippen molar-refractivity contribution in [2.45, 2.75) is 18.9 Å². The van der Waals surface area contributed by atoms with Crippen molar-refractivity contribution in [1.29, 1.82) is 0 Å². The van der Waals surface area contributed by atoms with Crippen LogP contribution in [0.5, 0.6) is 5.75 Å². The van der Waals surface area contributed by atoms with Gasteiger partial charge in [-0.2, -0.15) is 0 Å². The molecule has 16 heavy (non-hydrogen) atoms. The zero-order valence-corrected chi connectivity index (χ0v) is 9.79. The Kier molecular flexibility index (Phi) is 3.46. The van der Waals surface area contributed by atoms with Gasteiger partial charge in [-0.25, -0.2) is 0 Å². The molecular weight excluding hydrogens is 228 g/mol. The molecule has 0 radical (unpaired) electrons. The third-order valence-corrected chi connectivity index (χ3v) is 2.96. The minimum absolute atomic E-state index is 0.221. The average molecular weight is 241 g/mol. The SMILES string of the molecule is COc1c(Cl)cccc1C1CC(=O)CCO1. The smallest absolute Gasteiger partial charge is 0.143 e. The van der Waals surface area contributed by atoms with E-state index in [1.54, 1.807) is 13.2 Å². The van der Waals surface area contributed by atoms with Crippen molar-refractivity contribution in [3.05, 3.63) is 28.8 Å². The third kappa shape index (κ3) is 2.20. The van der Waals surface area contributed by atoms with Crippen molar-refractivity contribution in [1.82, 2.24) is 0 Å². The van der Waals surface area contributed by atoms with E-state index in [0.29, 0.717) is 30.2 Å². The maximum atomic E-state index is 11.4. The predicted molar refractivity (Wildman–Crippen MR) is 60.9 cm³/mol. The van der Waals surface area contributed by atoms with Crippen LogP contribution in [0.4, 0.5) is 0 Å². The van der Waals surface area contributed by atoms with E-state index in [2.05, 4.69) is 0 Å². The number of rotatable bonds is 2. The molecule has 4 heteroatoms. The number of para-hydroxylation sites is 1. The number of hydrogen-bond donors (Lipinski definition) is 0. The first-order valence-electron chi connectivity index (χ1n) is 5.18. The van der Waals surface area contributed by atoms with Crippen LogP contribution in [-0.2, 0) is 9.53 Å². The van der Waals surface area contributed by atoms with E-state index < -0.39 is 0 Å². The van der Waals surface area contributed by atoms with Gasteiger partial charge in [0.2, 0.25) is 0 Å². The van der Waals surface area contributed by atoms with Crippen molar-refractivity contribution >= 4 is 17.4 Å². The number of benzene rings is 1. The lowest BCUT2D eigenvalue weighted by atomic mass is 10.00. The Bertz CT molecular complexity index is 403. The van der Waals surface area contributed by atoms with Crippen molar-refractivity contribution < 1.29 is 14.3 Å². The van der Waals surface area contributed by atoms with E-state index >= 15 is 0 Å². The molecule has 1 heterocycles. The molecule has 1 aromatic carbocycles. The van der Waals surface area contributed by atoms with Gasteiger partial charge in [0.05, 0.1) is 24.8 Å². The lowest BCUT2D eigenvalue weighted by molar-refractivity contribution is -0.128. The highest BCUT2D eigenvalue weighted by Crippen LogP contribution is 2.37. The lowest BCUT2D eigenvalue weighted by Crippen LogP contribution is -2.19. The molecule has 1 unspecified atom stereocenters. The Morgan fingerprint density at radius 1 is 1.50 bits per heavy atom. The van der Waals surface area contributed by atoms with Gasteiger partial charge >= 0.3 is 0 Å². The molecule has 0 N–H and O–H groups in total. The van der Waals surface area contributed by atoms with Gasteiger partial charge < -0.3 is 9.47 Å². The molecule has 0 amide bonds. The normalized spacial score (nSPS) is 20.9. The number of hydrogen-bond acceptors (Lipinski definition) is 3. The molecule has 2 rings (SSSR count). The van der Waals surface area contributed by atoms with Crippen molar-refractivity contribution in [3.63, 3.8) is 0 Å². The van der Waals surface area contributed by atoms with Gasteiger partial charge in [0.15, 0.2) is 0 Å². The first-order chi connectivity index (χ1) is 7.72. The quantitative estimate of drug-likeness (QED) is 0.798. The van der Waals surface area contributed by atoms with Crippen LogP contribution >= 0.6 is 11.6 Å². The number of carbonyl (C=O) groups is 1. The first kappa shape index (κ1) is 11.4. The molecule has 1 fully saturated rings.